The van der Waals surface area contributed by atoms with E-state index in [1.54, 1.807) is 30.9 Å². The van der Waals surface area contributed by atoms with Crippen LogP contribution in [0.5, 0.6) is 0 Å². The molecule has 0 radical (unpaired) electrons. The SMILES string of the molecule is CN=C(NCCSc1ccccc1)NCc1ccc([N+](=O)[O-])cc1. The third-order valence-electron chi connectivity index (χ3n) is 3.24. The molecule has 0 saturated heterocycles. The van der Waals surface area contributed by atoms with Gasteiger partial charge in [-0.15, -0.1) is 11.8 Å². The first kappa shape index (κ1) is 17.8. The molecule has 0 unspecified atom stereocenters. The van der Waals surface area contributed by atoms with Crippen LogP contribution in [0.25, 0.3) is 0 Å². The topological polar surface area (TPSA) is 79.6 Å². The second kappa shape index (κ2) is 9.57. The Morgan fingerprint density at radius 3 is 2.46 bits per heavy atom. The number of thioether (sulfide) groups is 1. The summed E-state index contributed by atoms with van der Waals surface area (Å²) < 4.78 is 0. The molecular weight excluding hydrogens is 324 g/mol. The Kier molecular flexibility index (Phi) is 7.10. The summed E-state index contributed by atoms with van der Waals surface area (Å²) in [5.74, 6) is 1.64. The molecule has 0 aromatic heterocycles. The van der Waals surface area contributed by atoms with Crippen LogP contribution in [0.15, 0.2) is 64.5 Å². The summed E-state index contributed by atoms with van der Waals surface area (Å²) in [6.07, 6.45) is 0. The van der Waals surface area contributed by atoms with E-state index < -0.39 is 4.92 Å². The van der Waals surface area contributed by atoms with Crippen LogP contribution in [0.1, 0.15) is 5.56 Å². The van der Waals surface area contributed by atoms with E-state index in [2.05, 4.69) is 27.8 Å². The third kappa shape index (κ3) is 5.92. The van der Waals surface area contributed by atoms with Gasteiger partial charge in [0.2, 0.25) is 0 Å². The van der Waals surface area contributed by atoms with Crippen LogP contribution >= 0.6 is 11.8 Å². The second-order valence-electron chi connectivity index (χ2n) is 4.94. The van der Waals surface area contributed by atoms with Crippen molar-refractivity contribution in [1.82, 2.24) is 10.6 Å². The molecular formula is C17H20N4O2S. The van der Waals surface area contributed by atoms with Crippen molar-refractivity contribution in [3.8, 4) is 0 Å². The maximum atomic E-state index is 10.6. The zero-order chi connectivity index (χ0) is 17.2. The van der Waals surface area contributed by atoms with Gasteiger partial charge in [0.25, 0.3) is 5.69 Å². The van der Waals surface area contributed by atoms with Crippen LogP contribution in [-0.2, 0) is 6.54 Å². The minimum atomic E-state index is -0.401. The number of non-ortho nitro benzene ring substituents is 1. The van der Waals surface area contributed by atoms with Gasteiger partial charge in [0.05, 0.1) is 4.92 Å². The molecule has 0 saturated carbocycles. The standard InChI is InChI=1S/C17H20N4O2S/c1-18-17(19-11-12-24-16-5-3-2-4-6-16)20-13-14-7-9-15(10-8-14)21(22)23/h2-10H,11-13H2,1H3,(H2,18,19,20). The maximum absolute atomic E-state index is 10.6. The van der Waals surface area contributed by atoms with Crippen molar-refractivity contribution in [1.29, 1.82) is 0 Å². The molecule has 2 aromatic rings. The molecule has 0 amide bonds. The molecule has 7 heteroatoms. The smallest absolute Gasteiger partial charge is 0.269 e. The summed E-state index contributed by atoms with van der Waals surface area (Å²) >= 11 is 1.78. The largest absolute Gasteiger partial charge is 0.356 e. The predicted octanol–water partition coefficient (Wildman–Crippen LogP) is 3.05. The van der Waals surface area contributed by atoms with Crippen LogP contribution in [0, 0.1) is 10.1 Å². The van der Waals surface area contributed by atoms with Gasteiger partial charge in [-0.25, -0.2) is 0 Å². The van der Waals surface area contributed by atoms with Gasteiger partial charge in [0.15, 0.2) is 5.96 Å². The van der Waals surface area contributed by atoms with Crippen LogP contribution < -0.4 is 10.6 Å². The molecule has 0 heterocycles. The van der Waals surface area contributed by atoms with E-state index in [-0.39, 0.29) is 5.69 Å². The molecule has 0 fully saturated rings. The third-order valence-corrected chi connectivity index (χ3v) is 4.25. The van der Waals surface area contributed by atoms with Crippen LogP contribution in [0.3, 0.4) is 0 Å². The fraction of sp³-hybridized carbons (Fsp3) is 0.235. The van der Waals surface area contributed by atoms with Gasteiger partial charge in [0, 0.05) is 42.9 Å². The Balaban J connectivity index is 1.71. The molecule has 0 aliphatic rings. The molecule has 0 atom stereocenters. The number of aliphatic imine (C=N–C) groups is 1. The summed E-state index contributed by atoms with van der Waals surface area (Å²) in [5.41, 5.74) is 1.06. The van der Waals surface area contributed by atoms with Gasteiger partial charge >= 0.3 is 0 Å². The Morgan fingerprint density at radius 2 is 1.83 bits per heavy atom. The molecule has 2 aromatic carbocycles. The fourth-order valence-corrected chi connectivity index (χ4v) is 2.79. The fourth-order valence-electron chi connectivity index (χ4n) is 2.00. The molecule has 24 heavy (non-hydrogen) atoms. The number of nitrogens with zero attached hydrogens (tertiary/aromatic N) is 2. The molecule has 126 valence electrons. The number of nitrogens with one attached hydrogen (secondary N) is 2. The Morgan fingerprint density at radius 1 is 1.12 bits per heavy atom. The zero-order valence-corrected chi connectivity index (χ0v) is 14.3. The molecule has 0 spiro atoms. The van der Waals surface area contributed by atoms with Crippen molar-refractivity contribution < 1.29 is 4.92 Å². The molecule has 0 aliphatic carbocycles. The first-order chi connectivity index (χ1) is 11.7. The van der Waals surface area contributed by atoms with Gasteiger partial charge in [-0.1, -0.05) is 30.3 Å². The molecule has 2 rings (SSSR count). The summed E-state index contributed by atoms with van der Waals surface area (Å²) in [4.78, 5) is 15.6. The Hall–Kier alpha value is -2.54. The van der Waals surface area contributed by atoms with E-state index in [1.807, 2.05) is 18.2 Å². The minimum Gasteiger partial charge on any atom is -0.356 e. The summed E-state index contributed by atoms with van der Waals surface area (Å²) in [6, 6.07) is 16.7. The van der Waals surface area contributed by atoms with Crippen LogP contribution in [0.4, 0.5) is 5.69 Å². The van der Waals surface area contributed by atoms with E-state index in [0.717, 1.165) is 17.9 Å². The molecule has 0 aliphatic heterocycles. The van der Waals surface area contributed by atoms with Gasteiger partial charge in [-0.3, -0.25) is 15.1 Å². The van der Waals surface area contributed by atoms with E-state index in [0.29, 0.717) is 12.5 Å². The van der Waals surface area contributed by atoms with Crippen LogP contribution in [-0.4, -0.2) is 30.2 Å². The first-order valence-corrected chi connectivity index (χ1v) is 8.53. The van der Waals surface area contributed by atoms with Gasteiger partial charge in [-0.2, -0.15) is 0 Å². The number of rotatable bonds is 7. The minimum absolute atomic E-state index is 0.0965. The Bertz CT molecular complexity index is 675. The predicted molar refractivity (Wildman–Crippen MR) is 98.5 cm³/mol. The highest BCUT2D eigenvalue weighted by atomic mass is 32.2. The van der Waals surface area contributed by atoms with Crippen molar-refractivity contribution in [2.45, 2.75) is 11.4 Å². The number of nitro benzene ring substituents is 1. The highest BCUT2D eigenvalue weighted by Crippen LogP contribution is 2.15. The average molecular weight is 344 g/mol. The molecule has 0 bridgehead atoms. The molecule has 2 N–H and O–H groups in total. The number of hydrogen-bond donors (Lipinski definition) is 2. The summed E-state index contributed by atoms with van der Waals surface area (Å²) in [6.45, 7) is 1.35. The molecule has 6 nitrogen and oxygen atoms in total. The van der Waals surface area contributed by atoms with Crippen molar-refractivity contribution in [2.75, 3.05) is 19.3 Å². The highest BCUT2D eigenvalue weighted by molar-refractivity contribution is 7.99. The van der Waals surface area contributed by atoms with Crippen molar-refractivity contribution >= 4 is 23.4 Å². The number of nitro groups is 1. The second-order valence-corrected chi connectivity index (χ2v) is 6.11. The highest BCUT2D eigenvalue weighted by Gasteiger charge is 2.04. The van der Waals surface area contributed by atoms with Gasteiger partial charge < -0.3 is 10.6 Å². The van der Waals surface area contributed by atoms with E-state index in [4.69, 9.17) is 0 Å². The van der Waals surface area contributed by atoms with Gasteiger partial charge in [-0.05, 0) is 17.7 Å². The Labute approximate surface area is 145 Å². The first-order valence-electron chi connectivity index (χ1n) is 7.55. The summed E-state index contributed by atoms with van der Waals surface area (Å²) in [5, 5.41) is 17.1. The lowest BCUT2D eigenvalue weighted by atomic mass is 10.2. The van der Waals surface area contributed by atoms with Gasteiger partial charge in [0.1, 0.15) is 0 Å². The number of hydrogen-bond acceptors (Lipinski definition) is 4. The lowest BCUT2D eigenvalue weighted by Gasteiger charge is -2.11. The van der Waals surface area contributed by atoms with E-state index in [1.165, 1.54) is 17.0 Å². The van der Waals surface area contributed by atoms with E-state index >= 15 is 0 Å². The van der Waals surface area contributed by atoms with Crippen LogP contribution in [0.2, 0.25) is 0 Å². The summed E-state index contributed by atoms with van der Waals surface area (Å²) in [7, 11) is 1.72. The monoisotopic (exact) mass is 344 g/mol. The average Bonchev–Trinajstić information content (AvgIpc) is 2.62. The van der Waals surface area contributed by atoms with Crippen molar-refractivity contribution in [3.05, 3.63) is 70.3 Å². The maximum Gasteiger partial charge on any atom is 0.269 e. The lowest BCUT2D eigenvalue weighted by Crippen LogP contribution is -2.37. The number of benzene rings is 2. The van der Waals surface area contributed by atoms with Crippen molar-refractivity contribution in [2.24, 2.45) is 4.99 Å². The zero-order valence-electron chi connectivity index (χ0n) is 13.4. The number of guanidine groups is 1. The van der Waals surface area contributed by atoms with E-state index in [9.17, 15) is 10.1 Å². The normalized spacial score (nSPS) is 11.1. The lowest BCUT2D eigenvalue weighted by molar-refractivity contribution is -0.384. The van der Waals surface area contributed by atoms with Crippen molar-refractivity contribution in [3.63, 3.8) is 0 Å². The quantitative estimate of drug-likeness (QED) is 0.201.